The van der Waals surface area contributed by atoms with Gasteiger partial charge in [0.2, 0.25) is 11.8 Å². The molecule has 0 unspecified atom stereocenters. The molecule has 1 fully saturated rings. The molecule has 1 aliphatic rings. The average molecular weight is 349 g/mol. The Hall–Kier alpha value is -2.35. The van der Waals surface area contributed by atoms with Crippen LogP contribution in [0.1, 0.15) is 26.2 Å². The Morgan fingerprint density at radius 1 is 1.29 bits per heavy atom. The molecule has 2 aromatic rings. The van der Waals surface area contributed by atoms with Crippen LogP contribution in [0, 0.1) is 5.82 Å². The third-order valence-electron chi connectivity index (χ3n) is 3.76. The van der Waals surface area contributed by atoms with Crippen molar-refractivity contribution in [2.75, 3.05) is 6.54 Å². The van der Waals surface area contributed by atoms with Crippen LogP contribution in [0.5, 0.6) is 0 Å². The number of likely N-dealkylation sites (tertiary alicyclic amines) is 1. The molecule has 8 heteroatoms. The van der Waals surface area contributed by atoms with E-state index >= 15 is 0 Å². The number of halogens is 1. The Bertz CT molecular complexity index is 884. The molecule has 1 aromatic heterocycles. The van der Waals surface area contributed by atoms with Crippen molar-refractivity contribution < 1.29 is 18.8 Å². The highest BCUT2D eigenvalue weighted by Gasteiger charge is 2.30. The molecule has 6 nitrogen and oxygen atoms in total. The number of hydrogen-bond donors (Lipinski definition) is 0. The van der Waals surface area contributed by atoms with Crippen LogP contribution in [-0.4, -0.2) is 33.7 Å². The predicted molar refractivity (Wildman–Crippen MR) is 86.6 cm³/mol. The van der Waals surface area contributed by atoms with Crippen LogP contribution in [0.4, 0.5) is 4.39 Å². The van der Waals surface area contributed by atoms with Gasteiger partial charge in [-0.25, -0.2) is 4.39 Å². The Morgan fingerprint density at radius 2 is 2.00 bits per heavy atom. The van der Waals surface area contributed by atoms with Gasteiger partial charge in [0.05, 0.1) is 10.2 Å². The molecule has 1 aliphatic heterocycles. The van der Waals surface area contributed by atoms with Crippen molar-refractivity contribution in [2.45, 2.75) is 32.7 Å². The molecule has 0 spiro atoms. The first-order chi connectivity index (χ1) is 11.5. The summed E-state index contributed by atoms with van der Waals surface area (Å²) in [5.41, 5.74) is 0.808. The Kier molecular flexibility index (Phi) is 4.57. The Balaban J connectivity index is 1.96. The van der Waals surface area contributed by atoms with E-state index in [0.29, 0.717) is 16.0 Å². The molecular weight excluding hydrogens is 333 g/mol. The number of thiazole rings is 1. The monoisotopic (exact) mass is 349 g/mol. The number of rotatable bonds is 4. The van der Waals surface area contributed by atoms with Gasteiger partial charge in [0.1, 0.15) is 12.4 Å². The lowest BCUT2D eigenvalue weighted by Gasteiger charge is -2.10. The summed E-state index contributed by atoms with van der Waals surface area (Å²) in [6, 6.07) is 4.44. The standard InChI is InChI=1S/C16H16FN3O3S/c1-2-7-19-11-4-3-10(17)8-12(11)24-16(19)18-13(21)9-20-14(22)5-6-15(20)23/h3-4,8H,2,5-7,9H2,1H3. The van der Waals surface area contributed by atoms with E-state index in [4.69, 9.17) is 0 Å². The average Bonchev–Trinajstić information content (AvgIpc) is 3.02. The predicted octanol–water partition coefficient (Wildman–Crippen LogP) is 1.83. The summed E-state index contributed by atoms with van der Waals surface area (Å²) >= 11 is 1.21. The van der Waals surface area contributed by atoms with Crippen molar-refractivity contribution in [3.05, 3.63) is 28.8 Å². The van der Waals surface area contributed by atoms with Gasteiger partial charge in [0.25, 0.3) is 5.91 Å². The molecule has 3 amide bonds. The molecule has 0 N–H and O–H groups in total. The minimum Gasteiger partial charge on any atom is -0.316 e. The molecule has 126 valence electrons. The molecule has 2 heterocycles. The third kappa shape index (κ3) is 3.14. The molecule has 0 aliphatic carbocycles. The first kappa shape index (κ1) is 16.5. The van der Waals surface area contributed by atoms with Crippen molar-refractivity contribution in [2.24, 2.45) is 4.99 Å². The quantitative estimate of drug-likeness (QED) is 0.791. The van der Waals surface area contributed by atoms with E-state index in [1.165, 1.54) is 23.5 Å². The van der Waals surface area contributed by atoms with Gasteiger partial charge in [-0.2, -0.15) is 4.99 Å². The molecule has 1 saturated heterocycles. The number of hydrogen-bond acceptors (Lipinski definition) is 4. The van der Waals surface area contributed by atoms with Crippen molar-refractivity contribution in [3.63, 3.8) is 0 Å². The molecule has 0 radical (unpaired) electrons. The van der Waals surface area contributed by atoms with Crippen LogP contribution >= 0.6 is 11.3 Å². The number of imide groups is 1. The largest absolute Gasteiger partial charge is 0.316 e. The van der Waals surface area contributed by atoms with E-state index in [9.17, 15) is 18.8 Å². The van der Waals surface area contributed by atoms with E-state index < -0.39 is 5.91 Å². The summed E-state index contributed by atoms with van der Waals surface area (Å²) in [7, 11) is 0. The fourth-order valence-electron chi connectivity index (χ4n) is 2.65. The zero-order valence-electron chi connectivity index (χ0n) is 13.1. The number of aromatic nitrogens is 1. The summed E-state index contributed by atoms with van der Waals surface area (Å²) in [6.07, 6.45) is 1.11. The van der Waals surface area contributed by atoms with Crippen LogP contribution in [0.25, 0.3) is 10.2 Å². The molecule has 0 bridgehead atoms. The van der Waals surface area contributed by atoms with E-state index in [1.54, 1.807) is 6.07 Å². The van der Waals surface area contributed by atoms with E-state index in [2.05, 4.69) is 4.99 Å². The summed E-state index contributed by atoms with van der Waals surface area (Å²) in [6.45, 7) is 2.29. The number of amides is 3. The number of fused-ring (bicyclic) bond motifs is 1. The first-order valence-corrected chi connectivity index (χ1v) is 8.51. The van der Waals surface area contributed by atoms with Gasteiger partial charge in [-0.1, -0.05) is 18.3 Å². The van der Waals surface area contributed by atoms with Gasteiger partial charge >= 0.3 is 0 Å². The molecular formula is C16H16FN3O3S. The lowest BCUT2D eigenvalue weighted by Crippen LogP contribution is -2.34. The summed E-state index contributed by atoms with van der Waals surface area (Å²) in [4.78, 5) is 40.8. The SMILES string of the molecule is CCCn1c(=NC(=O)CN2C(=O)CCC2=O)sc2cc(F)ccc21. The van der Waals surface area contributed by atoms with Gasteiger partial charge < -0.3 is 4.57 Å². The van der Waals surface area contributed by atoms with Gasteiger partial charge in [0.15, 0.2) is 4.80 Å². The van der Waals surface area contributed by atoms with Crippen LogP contribution in [0.2, 0.25) is 0 Å². The minimum atomic E-state index is -0.560. The van der Waals surface area contributed by atoms with Crippen molar-refractivity contribution in [1.82, 2.24) is 9.47 Å². The normalized spacial score (nSPS) is 15.8. The fourth-order valence-corrected chi connectivity index (χ4v) is 3.75. The molecule has 24 heavy (non-hydrogen) atoms. The molecule has 0 atom stereocenters. The van der Waals surface area contributed by atoms with Gasteiger partial charge in [-0.05, 0) is 24.6 Å². The Labute approximate surface area is 141 Å². The molecule has 0 saturated carbocycles. The van der Waals surface area contributed by atoms with E-state index in [0.717, 1.165) is 16.8 Å². The minimum absolute atomic E-state index is 0.143. The first-order valence-electron chi connectivity index (χ1n) is 7.69. The highest BCUT2D eigenvalue weighted by molar-refractivity contribution is 7.16. The highest BCUT2D eigenvalue weighted by atomic mass is 32.1. The third-order valence-corrected chi connectivity index (χ3v) is 4.80. The Morgan fingerprint density at radius 3 is 2.67 bits per heavy atom. The highest BCUT2D eigenvalue weighted by Crippen LogP contribution is 2.19. The number of benzene rings is 1. The maximum atomic E-state index is 13.4. The summed E-state index contributed by atoms with van der Waals surface area (Å²) in [5, 5.41) is 0. The lowest BCUT2D eigenvalue weighted by molar-refractivity contribution is -0.141. The van der Waals surface area contributed by atoms with Gasteiger partial charge in [0, 0.05) is 19.4 Å². The second kappa shape index (κ2) is 6.64. The van der Waals surface area contributed by atoms with Gasteiger partial charge in [-0.15, -0.1) is 0 Å². The van der Waals surface area contributed by atoms with Crippen molar-refractivity contribution in [3.8, 4) is 0 Å². The van der Waals surface area contributed by atoms with Crippen molar-refractivity contribution in [1.29, 1.82) is 0 Å². The van der Waals surface area contributed by atoms with Crippen LogP contribution < -0.4 is 4.80 Å². The van der Waals surface area contributed by atoms with E-state index in [-0.39, 0.29) is 37.0 Å². The smallest absolute Gasteiger partial charge is 0.268 e. The number of nitrogens with zero attached hydrogens (tertiary/aromatic N) is 3. The van der Waals surface area contributed by atoms with Crippen LogP contribution in [-0.2, 0) is 20.9 Å². The van der Waals surface area contributed by atoms with Gasteiger partial charge in [-0.3, -0.25) is 19.3 Å². The summed E-state index contributed by atoms with van der Waals surface area (Å²) in [5.74, 6) is -1.60. The zero-order valence-corrected chi connectivity index (χ0v) is 13.9. The zero-order chi connectivity index (χ0) is 17.3. The maximum Gasteiger partial charge on any atom is 0.268 e. The lowest BCUT2D eigenvalue weighted by atomic mass is 10.3. The van der Waals surface area contributed by atoms with Crippen molar-refractivity contribution >= 4 is 39.3 Å². The van der Waals surface area contributed by atoms with Crippen LogP contribution in [0.15, 0.2) is 23.2 Å². The second-order valence-corrected chi connectivity index (χ2v) is 6.54. The number of carbonyl (C=O) groups is 3. The fraction of sp³-hybridized carbons (Fsp3) is 0.375. The maximum absolute atomic E-state index is 13.4. The second-order valence-electron chi connectivity index (χ2n) is 5.53. The van der Waals surface area contributed by atoms with E-state index in [1.807, 2.05) is 11.5 Å². The topological polar surface area (TPSA) is 71.7 Å². The molecule has 1 aromatic carbocycles. The summed E-state index contributed by atoms with van der Waals surface area (Å²) < 4.78 is 16.0. The number of carbonyl (C=O) groups excluding carboxylic acids is 3. The molecule has 3 rings (SSSR count). The number of aryl methyl sites for hydroxylation is 1. The van der Waals surface area contributed by atoms with Crippen LogP contribution in [0.3, 0.4) is 0 Å².